The fourth-order valence-electron chi connectivity index (χ4n) is 1.96. The van der Waals surface area contributed by atoms with Gasteiger partial charge in [-0.15, -0.1) is 0 Å². The van der Waals surface area contributed by atoms with Crippen LogP contribution >= 0.6 is 15.9 Å². The molecule has 0 saturated carbocycles. The molecule has 102 valence electrons. The fourth-order valence-corrected chi connectivity index (χ4v) is 2.33. The van der Waals surface area contributed by atoms with Crippen molar-refractivity contribution in [3.8, 4) is 0 Å². The summed E-state index contributed by atoms with van der Waals surface area (Å²) in [6, 6.07) is 12.0. The summed E-state index contributed by atoms with van der Waals surface area (Å²) < 4.78 is 0. The molecule has 0 aliphatic rings. The second-order valence-electron chi connectivity index (χ2n) is 4.49. The Kier molecular flexibility index (Phi) is 4.35. The van der Waals surface area contributed by atoms with E-state index < -0.39 is 5.97 Å². The Hall–Kier alpha value is -1.94. The summed E-state index contributed by atoms with van der Waals surface area (Å²) in [6.45, 7) is 1.69. The van der Waals surface area contributed by atoms with Crippen LogP contribution in [0.15, 0.2) is 42.5 Å². The quantitative estimate of drug-likeness (QED) is 0.684. The van der Waals surface area contributed by atoms with Crippen LogP contribution in [0.25, 0.3) is 0 Å². The van der Waals surface area contributed by atoms with Gasteiger partial charge in [-0.05, 0) is 30.2 Å². The lowest BCUT2D eigenvalue weighted by Gasteiger charge is -2.05. The minimum atomic E-state index is -0.983. The Morgan fingerprint density at radius 1 is 1.05 bits per heavy atom. The third-order valence-corrected chi connectivity index (χ3v) is 3.74. The highest BCUT2D eigenvalue weighted by molar-refractivity contribution is 9.08. The van der Waals surface area contributed by atoms with E-state index in [2.05, 4.69) is 15.9 Å². The van der Waals surface area contributed by atoms with Gasteiger partial charge in [0, 0.05) is 16.5 Å². The Balaban J connectivity index is 2.33. The molecule has 0 saturated heterocycles. The maximum absolute atomic E-state index is 12.3. The molecule has 0 spiro atoms. The van der Waals surface area contributed by atoms with Crippen LogP contribution in [-0.2, 0) is 5.33 Å². The van der Waals surface area contributed by atoms with Crippen molar-refractivity contribution in [2.45, 2.75) is 12.3 Å². The van der Waals surface area contributed by atoms with Crippen molar-refractivity contribution in [3.63, 3.8) is 0 Å². The Labute approximate surface area is 125 Å². The number of aromatic carboxylic acids is 1. The zero-order valence-corrected chi connectivity index (χ0v) is 12.5. The van der Waals surface area contributed by atoms with E-state index in [0.717, 1.165) is 10.9 Å². The van der Waals surface area contributed by atoms with Crippen LogP contribution < -0.4 is 0 Å². The van der Waals surface area contributed by atoms with E-state index >= 15 is 0 Å². The number of carbonyl (C=O) groups excluding carboxylic acids is 1. The van der Waals surface area contributed by atoms with Gasteiger partial charge in [-0.1, -0.05) is 46.3 Å². The van der Waals surface area contributed by atoms with Crippen LogP contribution in [0.3, 0.4) is 0 Å². The van der Waals surface area contributed by atoms with Crippen molar-refractivity contribution in [2.24, 2.45) is 0 Å². The van der Waals surface area contributed by atoms with Gasteiger partial charge in [0.15, 0.2) is 5.78 Å². The summed E-state index contributed by atoms with van der Waals surface area (Å²) in [7, 11) is 0. The van der Waals surface area contributed by atoms with E-state index in [0.29, 0.717) is 16.7 Å². The molecule has 0 bridgehead atoms. The lowest BCUT2D eigenvalue weighted by molar-refractivity contribution is 0.0695. The second kappa shape index (κ2) is 6.01. The van der Waals surface area contributed by atoms with Gasteiger partial charge in [0.05, 0.1) is 5.56 Å². The van der Waals surface area contributed by atoms with Crippen molar-refractivity contribution < 1.29 is 14.7 Å². The first-order valence-corrected chi connectivity index (χ1v) is 7.18. The van der Waals surface area contributed by atoms with Crippen molar-refractivity contribution in [1.82, 2.24) is 0 Å². The predicted octanol–water partition coefficient (Wildman–Crippen LogP) is 3.82. The zero-order valence-electron chi connectivity index (χ0n) is 10.9. The highest BCUT2D eigenvalue weighted by atomic mass is 79.9. The summed E-state index contributed by atoms with van der Waals surface area (Å²) in [5.74, 6) is -1.09. The Bertz CT molecular complexity index is 660. The SMILES string of the molecule is Cc1cc(C(=O)c2ccc(CBr)cc2)ccc1C(=O)O. The van der Waals surface area contributed by atoms with Gasteiger partial charge in [0.1, 0.15) is 0 Å². The third kappa shape index (κ3) is 2.96. The first kappa shape index (κ1) is 14.5. The third-order valence-electron chi connectivity index (χ3n) is 3.09. The molecule has 2 aromatic rings. The number of hydrogen-bond acceptors (Lipinski definition) is 2. The van der Waals surface area contributed by atoms with Crippen molar-refractivity contribution >= 4 is 27.7 Å². The summed E-state index contributed by atoms with van der Waals surface area (Å²) in [4.78, 5) is 23.3. The minimum Gasteiger partial charge on any atom is -0.478 e. The molecular weight excluding hydrogens is 320 g/mol. The van der Waals surface area contributed by atoms with Gasteiger partial charge in [0.25, 0.3) is 0 Å². The summed E-state index contributed by atoms with van der Waals surface area (Å²) >= 11 is 3.35. The fraction of sp³-hybridized carbons (Fsp3) is 0.125. The van der Waals surface area contributed by atoms with Gasteiger partial charge in [-0.3, -0.25) is 4.79 Å². The topological polar surface area (TPSA) is 54.4 Å². The molecule has 1 N–H and O–H groups in total. The zero-order chi connectivity index (χ0) is 14.7. The van der Waals surface area contributed by atoms with Gasteiger partial charge >= 0.3 is 5.97 Å². The van der Waals surface area contributed by atoms with Gasteiger partial charge in [0.2, 0.25) is 0 Å². The number of ketones is 1. The van der Waals surface area contributed by atoms with Crippen LogP contribution in [0.4, 0.5) is 0 Å². The first-order chi connectivity index (χ1) is 9.52. The smallest absolute Gasteiger partial charge is 0.335 e. The van der Waals surface area contributed by atoms with Crippen LogP contribution in [0.1, 0.15) is 37.4 Å². The Morgan fingerprint density at radius 2 is 1.65 bits per heavy atom. The van der Waals surface area contributed by atoms with E-state index in [1.807, 2.05) is 12.1 Å². The van der Waals surface area contributed by atoms with Crippen LogP contribution in [0.2, 0.25) is 0 Å². The number of hydrogen-bond donors (Lipinski definition) is 1. The number of carboxylic acid groups (broad SMARTS) is 1. The number of carboxylic acids is 1. The highest BCUT2D eigenvalue weighted by Crippen LogP contribution is 2.16. The average Bonchev–Trinajstić information content (AvgIpc) is 2.46. The van der Waals surface area contributed by atoms with E-state index in [9.17, 15) is 9.59 Å². The number of rotatable bonds is 4. The van der Waals surface area contributed by atoms with E-state index in [-0.39, 0.29) is 11.3 Å². The molecule has 2 rings (SSSR count). The number of halogens is 1. The van der Waals surface area contributed by atoms with Crippen LogP contribution in [-0.4, -0.2) is 16.9 Å². The van der Waals surface area contributed by atoms with E-state index in [1.165, 1.54) is 6.07 Å². The molecule has 0 aliphatic heterocycles. The molecule has 0 unspecified atom stereocenters. The average molecular weight is 333 g/mol. The number of benzene rings is 2. The molecule has 20 heavy (non-hydrogen) atoms. The van der Waals surface area contributed by atoms with Crippen molar-refractivity contribution in [1.29, 1.82) is 0 Å². The maximum atomic E-state index is 12.3. The number of aryl methyl sites for hydroxylation is 1. The lowest BCUT2D eigenvalue weighted by atomic mass is 9.98. The molecule has 0 aliphatic carbocycles. The predicted molar refractivity (Wildman–Crippen MR) is 80.6 cm³/mol. The van der Waals surface area contributed by atoms with E-state index in [4.69, 9.17) is 5.11 Å². The maximum Gasteiger partial charge on any atom is 0.335 e. The molecule has 0 aromatic heterocycles. The summed E-state index contributed by atoms with van der Waals surface area (Å²) in [6.07, 6.45) is 0. The first-order valence-electron chi connectivity index (χ1n) is 6.06. The molecular formula is C16H13BrO3. The molecule has 0 heterocycles. The molecule has 0 radical (unpaired) electrons. The molecule has 2 aromatic carbocycles. The Morgan fingerprint density at radius 3 is 2.15 bits per heavy atom. The molecule has 4 heteroatoms. The van der Waals surface area contributed by atoms with Gasteiger partial charge < -0.3 is 5.11 Å². The second-order valence-corrected chi connectivity index (χ2v) is 5.06. The highest BCUT2D eigenvalue weighted by Gasteiger charge is 2.13. The summed E-state index contributed by atoms with van der Waals surface area (Å²) in [5.41, 5.74) is 2.99. The largest absolute Gasteiger partial charge is 0.478 e. The van der Waals surface area contributed by atoms with Crippen LogP contribution in [0, 0.1) is 6.92 Å². The molecule has 0 amide bonds. The normalized spacial score (nSPS) is 10.3. The monoisotopic (exact) mass is 332 g/mol. The standard InChI is InChI=1S/C16H13BrO3/c1-10-8-13(6-7-14(10)16(19)20)15(18)12-4-2-11(9-17)3-5-12/h2-8H,9H2,1H3,(H,19,20). The molecule has 0 fully saturated rings. The van der Waals surface area contributed by atoms with Gasteiger partial charge in [-0.2, -0.15) is 0 Å². The van der Waals surface area contributed by atoms with Gasteiger partial charge in [-0.25, -0.2) is 4.79 Å². The van der Waals surface area contributed by atoms with Crippen molar-refractivity contribution in [2.75, 3.05) is 0 Å². The summed E-state index contributed by atoms with van der Waals surface area (Å²) in [5, 5.41) is 9.72. The number of carbonyl (C=O) groups is 2. The molecule has 0 atom stereocenters. The number of alkyl halides is 1. The van der Waals surface area contributed by atoms with Crippen LogP contribution in [0.5, 0.6) is 0 Å². The molecule has 3 nitrogen and oxygen atoms in total. The van der Waals surface area contributed by atoms with Crippen molar-refractivity contribution in [3.05, 3.63) is 70.3 Å². The van der Waals surface area contributed by atoms with E-state index in [1.54, 1.807) is 31.2 Å². The minimum absolute atomic E-state index is 0.105. The lowest BCUT2D eigenvalue weighted by Crippen LogP contribution is -2.05.